The number of benzene rings is 3. The van der Waals surface area contributed by atoms with E-state index < -0.39 is 22.0 Å². The maximum atomic E-state index is 13.5. The molecule has 1 amide bonds. The van der Waals surface area contributed by atoms with Gasteiger partial charge in [-0.3, -0.25) is 9.10 Å². The first-order valence-electron chi connectivity index (χ1n) is 10.8. The number of ether oxygens (including phenoxy) is 2. The zero-order valence-electron chi connectivity index (χ0n) is 19.0. The molecule has 1 atom stereocenters. The van der Waals surface area contributed by atoms with Crippen LogP contribution in [0.25, 0.3) is 0 Å². The molecule has 1 unspecified atom stereocenters. The SMILES string of the molecule is C=CCOc1ccc(NC(=O)C2CN(S(=O)(=O)c3ccc(C)cc3)c3cc(C)ccc3O2)cc1. The predicted octanol–water partition coefficient (Wildman–Crippen LogP) is 4.46. The number of hydrogen-bond acceptors (Lipinski definition) is 5. The average molecular weight is 479 g/mol. The Balaban J connectivity index is 1.60. The van der Waals surface area contributed by atoms with Crippen molar-refractivity contribution in [1.29, 1.82) is 0 Å². The molecular weight excluding hydrogens is 452 g/mol. The molecule has 0 fully saturated rings. The Morgan fingerprint density at radius 3 is 2.44 bits per heavy atom. The highest BCUT2D eigenvalue weighted by Crippen LogP contribution is 2.38. The van der Waals surface area contributed by atoms with E-state index in [1.54, 1.807) is 66.7 Å². The van der Waals surface area contributed by atoms with Crippen LogP contribution < -0.4 is 19.1 Å². The fraction of sp³-hybridized carbons (Fsp3) is 0.192. The molecule has 176 valence electrons. The van der Waals surface area contributed by atoms with Crippen LogP contribution in [0.3, 0.4) is 0 Å². The molecule has 3 aromatic carbocycles. The monoisotopic (exact) mass is 478 g/mol. The minimum atomic E-state index is -3.91. The third-order valence-corrected chi connectivity index (χ3v) is 7.17. The number of amides is 1. The second-order valence-corrected chi connectivity index (χ2v) is 9.90. The fourth-order valence-electron chi connectivity index (χ4n) is 3.58. The fourth-order valence-corrected chi connectivity index (χ4v) is 5.04. The van der Waals surface area contributed by atoms with Crippen LogP contribution in [0.2, 0.25) is 0 Å². The number of carbonyl (C=O) groups excluding carboxylic acids is 1. The van der Waals surface area contributed by atoms with Crippen LogP contribution in [0.4, 0.5) is 11.4 Å². The molecule has 0 aromatic heterocycles. The summed E-state index contributed by atoms with van der Waals surface area (Å²) >= 11 is 0. The molecule has 4 rings (SSSR count). The van der Waals surface area contributed by atoms with Gasteiger partial charge < -0.3 is 14.8 Å². The summed E-state index contributed by atoms with van der Waals surface area (Å²) in [7, 11) is -3.91. The van der Waals surface area contributed by atoms with E-state index in [0.29, 0.717) is 29.5 Å². The Bertz CT molecular complexity index is 1300. The number of nitrogens with zero attached hydrogens (tertiary/aromatic N) is 1. The van der Waals surface area contributed by atoms with E-state index in [-0.39, 0.29) is 11.4 Å². The average Bonchev–Trinajstić information content (AvgIpc) is 2.83. The van der Waals surface area contributed by atoms with E-state index in [0.717, 1.165) is 11.1 Å². The van der Waals surface area contributed by atoms with Gasteiger partial charge in [0, 0.05) is 5.69 Å². The lowest BCUT2D eigenvalue weighted by Crippen LogP contribution is -2.48. The summed E-state index contributed by atoms with van der Waals surface area (Å²) < 4.78 is 39.7. The molecular formula is C26H26N2O5S. The quantitative estimate of drug-likeness (QED) is 0.507. The van der Waals surface area contributed by atoms with Gasteiger partial charge in [0.2, 0.25) is 0 Å². The summed E-state index contributed by atoms with van der Waals surface area (Å²) in [5.74, 6) is 0.530. The smallest absolute Gasteiger partial charge is 0.267 e. The van der Waals surface area contributed by atoms with Crippen molar-refractivity contribution >= 4 is 27.3 Å². The van der Waals surface area contributed by atoms with Gasteiger partial charge >= 0.3 is 0 Å². The maximum Gasteiger partial charge on any atom is 0.267 e. The van der Waals surface area contributed by atoms with E-state index in [2.05, 4.69) is 11.9 Å². The van der Waals surface area contributed by atoms with Gasteiger partial charge in [-0.15, -0.1) is 0 Å². The standard InChI is InChI=1S/C26H26N2O5S/c1-4-15-32-21-10-8-20(9-11-21)27-26(29)25-17-28(23-16-19(3)7-14-24(23)33-25)34(30,31)22-12-5-18(2)6-13-22/h4-14,16,25H,1,15,17H2,2-3H3,(H,27,29). The molecule has 0 radical (unpaired) electrons. The zero-order valence-corrected chi connectivity index (χ0v) is 19.8. The Morgan fingerprint density at radius 1 is 1.09 bits per heavy atom. The number of rotatable bonds is 7. The summed E-state index contributed by atoms with van der Waals surface area (Å²) in [6.07, 6.45) is 0.610. The summed E-state index contributed by atoms with van der Waals surface area (Å²) in [5, 5.41) is 2.80. The Morgan fingerprint density at radius 2 is 1.76 bits per heavy atom. The van der Waals surface area contributed by atoms with Gasteiger partial charge in [-0.2, -0.15) is 0 Å². The van der Waals surface area contributed by atoms with Crippen LogP contribution in [-0.4, -0.2) is 33.6 Å². The molecule has 3 aromatic rings. The normalized spacial score (nSPS) is 15.1. The van der Waals surface area contributed by atoms with Crippen molar-refractivity contribution in [2.75, 3.05) is 22.8 Å². The molecule has 0 bridgehead atoms. The highest BCUT2D eigenvalue weighted by molar-refractivity contribution is 7.92. The lowest BCUT2D eigenvalue weighted by Gasteiger charge is -2.35. The van der Waals surface area contributed by atoms with Crippen molar-refractivity contribution in [2.24, 2.45) is 0 Å². The third kappa shape index (κ3) is 4.92. The van der Waals surface area contributed by atoms with E-state index in [1.165, 1.54) is 4.31 Å². The second kappa shape index (κ2) is 9.61. The molecule has 1 aliphatic heterocycles. The predicted molar refractivity (Wildman–Crippen MR) is 132 cm³/mol. The number of hydrogen-bond donors (Lipinski definition) is 1. The molecule has 0 aliphatic carbocycles. The van der Waals surface area contributed by atoms with Gasteiger partial charge in [0.15, 0.2) is 6.10 Å². The van der Waals surface area contributed by atoms with Crippen molar-refractivity contribution in [3.8, 4) is 11.5 Å². The lowest BCUT2D eigenvalue weighted by atomic mass is 10.1. The first-order chi connectivity index (χ1) is 16.3. The van der Waals surface area contributed by atoms with Gasteiger partial charge in [0.1, 0.15) is 18.1 Å². The van der Waals surface area contributed by atoms with Gasteiger partial charge in [-0.1, -0.05) is 36.4 Å². The number of carbonyl (C=O) groups is 1. The first kappa shape index (κ1) is 23.4. The van der Waals surface area contributed by atoms with Gasteiger partial charge in [0.05, 0.1) is 17.1 Å². The van der Waals surface area contributed by atoms with E-state index >= 15 is 0 Å². The highest BCUT2D eigenvalue weighted by atomic mass is 32.2. The number of anilines is 2. The molecule has 34 heavy (non-hydrogen) atoms. The van der Waals surface area contributed by atoms with Gasteiger partial charge in [-0.25, -0.2) is 8.42 Å². The van der Waals surface area contributed by atoms with Crippen LogP contribution in [-0.2, 0) is 14.8 Å². The molecule has 0 saturated heterocycles. The maximum absolute atomic E-state index is 13.5. The summed E-state index contributed by atoms with van der Waals surface area (Å²) in [6.45, 7) is 7.60. The van der Waals surface area contributed by atoms with E-state index in [4.69, 9.17) is 9.47 Å². The largest absolute Gasteiger partial charge is 0.490 e. The van der Waals surface area contributed by atoms with Crippen molar-refractivity contribution in [1.82, 2.24) is 0 Å². The number of aryl methyl sites for hydroxylation is 2. The van der Waals surface area contributed by atoms with Gasteiger partial charge in [0.25, 0.3) is 15.9 Å². The van der Waals surface area contributed by atoms with Gasteiger partial charge in [-0.05, 0) is 67.9 Å². The number of fused-ring (bicyclic) bond motifs is 1. The molecule has 0 saturated carbocycles. The van der Waals surface area contributed by atoms with Crippen LogP contribution in [0, 0.1) is 13.8 Å². The van der Waals surface area contributed by atoms with Crippen LogP contribution in [0.1, 0.15) is 11.1 Å². The van der Waals surface area contributed by atoms with Crippen LogP contribution >= 0.6 is 0 Å². The lowest BCUT2D eigenvalue weighted by molar-refractivity contribution is -0.122. The van der Waals surface area contributed by atoms with Crippen LogP contribution in [0.5, 0.6) is 11.5 Å². The minimum Gasteiger partial charge on any atom is -0.490 e. The van der Waals surface area contributed by atoms with Crippen molar-refractivity contribution in [3.05, 3.63) is 90.5 Å². The highest BCUT2D eigenvalue weighted by Gasteiger charge is 2.37. The zero-order chi connectivity index (χ0) is 24.3. The van der Waals surface area contributed by atoms with E-state index in [9.17, 15) is 13.2 Å². The van der Waals surface area contributed by atoms with Crippen molar-refractivity contribution in [2.45, 2.75) is 24.8 Å². The number of nitrogens with one attached hydrogen (secondary N) is 1. The van der Waals surface area contributed by atoms with E-state index in [1.807, 2.05) is 19.9 Å². The molecule has 0 spiro atoms. The Hall–Kier alpha value is -3.78. The van der Waals surface area contributed by atoms with Crippen LogP contribution in [0.15, 0.2) is 84.3 Å². The summed E-state index contributed by atoms with van der Waals surface area (Å²) in [4.78, 5) is 13.2. The molecule has 1 aliphatic rings. The van der Waals surface area contributed by atoms with Crippen molar-refractivity contribution < 1.29 is 22.7 Å². The molecule has 7 nitrogen and oxygen atoms in total. The Labute approximate surface area is 199 Å². The summed E-state index contributed by atoms with van der Waals surface area (Å²) in [5.41, 5.74) is 2.79. The first-order valence-corrected chi connectivity index (χ1v) is 12.2. The molecule has 8 heteroatoms. The van der Waals surface area contributed by atoms with Crippen molar-refractivity contribution in [3.63, 3.8) is 0 Å². The Kier molecular flexibility index (Phi) is 6.61. The third-order valence-electron chi connectivity index (χ3n) is 5.38. The summed E-state index contributed by atoms with van der Waals surface area (Å²) in [6, 6.07) is 18.8. The number of sulfonamides is 1. The molecule has 1 N–H and O–H groups in total. The minimum absolute atomic E-state index is 0.154. The molecule has 1 heterocycles. The topological polar surface area (TPSA) is 84.9 Å². The second-order valence-electron chi connectivity index (χ2n) is 8.04.